The van der Waals surface area contributed by atoms with Gasteiger partial charge < -0.3 is 9.72 Å². The van der Waals surface area contributed by atoms with Gasteiger partial charge in [-0.1, -0.05) is 42.5 Å². The Hall–Kier alpha value is -2.99. The Morgan fingerprint density at radius 2 is 1.81 bits per heavy atom. The molecule has 2 heterocycles. The largest absolute Gasteiger partial charge is 0.451 e. The van der Waals surface area contributed by atoms with E-state index < -0.39 is 5.97 Å². The van der Waals surface area contributed by atoms with Gasteiger partial charge in [-0.2, -0.15) is 0 Å². The van der Waals surface area contributed by atoms with E-state index in [1.54, 1.807) is 35.0 Å². The normalized spacial score (nSPS) is 15.9. The summed E-state index contributed by atoms with van der Waals surface area (Å²) in [5.74, 6) is -0.0297. The minimum atomic E-state index is -0.538. The van der Waals surface area contributed by atoms with Crippen molar-refractivity contribution in [3.8, 4) is 0 Å². The molecule has 0 aliphatic carbocycles. The summed E-state index contributed by atoms with van der Waals surface area (Å²) < 4.78 is 5.23. The van der Waals surface area contributed by atoms with E-state index in [1.807, 2.05) is 54.6 Å². The molecular weight excluding hydrogens is 360 g/mol. The summed E-state index contributed by atoms with van der Waals surface area (Å²) in [5, 5.41) is 0. The number of carbonyl (C=O) groups excluding carboxylic acids is 2. The number of ether oxygens (including phenoxy) is 1. The number of aromatic amines is 1. The van der Waals surface area contributed by atoms with E-state index in [2.05, 4.69) is 4.98 Å². The molecule has 1 amide bonds. The van der Waals surface area contributed by atoms with E-state index in [-0.39, 0.29) is 18.6 Å². The second kappa shape index (κ2) is 7.72. The van der Waals surface area contributed by atoms with Gasteiger partial charge in [-0.05, 0) is 29.8 Å². The zero-order valence-electron chi connectivity index (χ0n) is 14.5. The van der Waals surface area contributed by atoms with Gasteiger partial charge in [-0.25, -0.2) is 4.79 Å². The number of hydrogen-bond donors (Lipinski definition) is 1. The van der Waals surface area contributed by atoms with Gasteiger partial charge >= 0.3 is 5.97 Å². The highest BCUT2D eigenvalue weighted by molar-refractivity contribution is 7.99. The van der Waals surface area contributed by atoms with E-state index in [0.29, 0.717) is 5.69 Å². The Morgan fingerprint density at radius 3 is 2.59 bits per heavy atom. The molecule has 1 aliphatic rings. The fraction of sp³-hybridized carbons (Fsp3) is 0.143. The molecule has 4 rings (SSSR count). The first-order chi connectivity index (χ1) is 13.2. The average molecular weight is 378 g/mol. The molecule has 0 radical (unpaired) electrons. The molecule has 6 heteroatoms. The number of fused-ring (bicyclic) bond motifs is 1. The van der Waals surface area contributed by atoms with Crippen LogP contribution >= 0.6 is 11.8 Å². The summed E-state index contributed by atoms with van der Waals surface area (Å²) in [6.07, 6.45) is 1.64. The van der Waals surface area contributed by atoms with Crippen molar-refractivity contribution in [2.24, 2.45) is 0 Å². The SMILES string of the molecule is O=C(OCC(=O)N1c2ccccc2SC[C@@H]1c1ccccc1)c1ccc[nH]1. The Labute approximate surface area is 161 Å². The van der Waals surface area contributed by atoms with Crippen molar-refractivity contribution >= 4 is 29.3 Å². The van der Waals surface area contributed by atoms with Crippen LogP contribution < -0.4 is 4.90 Å². The average Bonchev–Trinajstić information content (AvgIpc) is 3.26. The van der Waals surface area contributed by atoms with Gasteiger partial charge in [-0.3, -0.25) is 9.69 Å². The van der Waals surface area contributed by atoms with Crippen molar-refractivity contribution in [2.75, 3.05) is 17.3 Å². The van der Waals surface area contributed by atoms with Gasteiger partial charge in [0.15, 0.2) is 6.61 Å². The van der Waals surface area contributed by atoms with Crippen LogP contribution in [0.15, 0.2) is 77.8 Å². The molecule has 0 fully saturated rings. The number of thioether (sulfide) groups is 1. The number of para-hydroxylation sites is 1. The summed E-state index contributed by atoms with van der Waals surface area (Å²) in [6.45, 7) is -0.305. The van der Waals surface area contributed by atoms with Crippen LogP contribution in [0.1, 0.15) is 22.1 Å². The van der Waals surface area contributed by atoms with Crippen LogP contribution in [0.25, 0.3) is 0 Å². The van der Waals surface area contributed by atoms with Crippen molar-refractivity contribution in [1.82, 2.24) is 4.98 Å². The second-order valence-corrected chi connectivity index (χ2v) is 7.19. The third-order valence-corrected chi connectivity index (χ3v) is 5.57. The predicted molar refractivity (Wildman–Crippen MR) is 105 cm³/mol. The highest BCUT2D eigenvalue weighted by Crippen LogP contribution is 2.43. The van der Waals surface area contributed by atoms with Crippen molar-refractivity contribution in [3.05, 3.63) is 84.2 Å². The lowest BCUT2D eigenvalue weighted by molar-refractivity contribution is -0.122. The van der Waals surface area contributed by atoms with Crippen molar-refractivity contribution < 1.29 is 14.3 Å². The molecule has 27 heavy (non-hydrogen) atoms. The van der Waals surface area contributed by atoms with Gasteiger partial charge in [-0.15, -0.1) is 11.8 Å². The number of carbonyl (C=O) groups is 2. The molecule has 0 bridgehead atoms. The van der Waals surface area contributed by atoms with Crippen LogP contribution in [0, 0.1) is 0 Å². The molecule has 1 aliphatic heterocycles. The van der Waals surface area contributed by atoms with E-state index in [0.717, 1.165) is 21.9 Å². The summed E-state index contributed by atoms with van der Waals surface area (Å²) in [7, 11) is 0. The lowest BCUT2D eigenvalue weighted by Gasteiger charge is -2.37. The Bertz CT molecular complexity index is 941. The highest BCUT2D eigenvalue weighted by atomic mass is 32.2. The molecule has 0 spiro atoms. The predicted octanol–water partition coefficient (Wildman–Crippen LogP) is 4.05. The fourth-order valence-corrected chi connectivity index (χ4v) is 4.32. The molecule has 1 aromatic heterocycles. The summed E-state index contributed by atoms with van der Waals surface area (Å²) >= 11 is 1.73. The Morgan fingerprint density at radius 1 is 1.04 bits per heavy atom. The van der Waals surface area contributed by atoms with Gasteiger partial charge in [0, 0.05) is 16.8 Å². The van der Waals surface area contributed by atoms with Crippen molar-refractivity contribution in [2.45, 2.75) is 10.9 Å². The molecule has 5 nitrogen and oxygen atoms in total. The highest BCUT2D eigenvalue weighted by Gasteiger charge is 2.32. The minimum absolute atomic E-state index is 0.109. The van der Waals surface area contributed by atoms with Gasteiger partial charge in [0.1, 0.15) is 5.69 Å². The fourth-order valence-electron chi connectivity index (χ4n) is 3.15. The number of H-pyrrole nitrogens is 1. The number of hydrogen-bond acceptors (Lipinski definition) is 4. The quantitative estimate of drug-likeness (QED) is 0.696. The zero-order chi connectivity index (χ0) is 18.6. The smallest absolute Gasteiger partial charge is 0.355 e. The third-order valence-electron chi connectivity index (χ3n) is 4.43. The number of amides is 1. The molecule has 2 aromatic carbocycles. The van der Waals surface area contributed by atoms with Crippen LogP contribution in [-0.4, -0.2) is 29.2 Å². The lowest BCUT2D eigenvalue weighted by Crippen LogP contribution is -2.41. The first-order valence-electron chi connectivity index (χ1n) is 8.63. The number of nitrogens with zero attached hydrogens (tertiary/aromatic N) is 1. The number of esters is 1. The number of anilines is 1. The number of benzene rings is 2. The maximum Gasteiger partial charge on any atom is 0.355 e. The summed E-state index contributed by atoms with van der Waals surface area (Å²) in [6, 6.07) is 21.0. The van der Waals surface area contributed by atoms with E-state index in [4.69, 9.17) is 4.74 Å². The number of nitrogens with one attached hydrogen (secondary N) is 1. The van der Waals surface area contributed by atoms with E-state index in [9.17, 15) is 9.59 Å². The molecular formula is C21H18N2O3S. The van der Waals surface area contributed by atoms with Crippen LogP contribution in [0.3, 0.4) is 0 Å². The Balaban J connectivity index is 1.59. The van der Waals surface area contributed by atoms with Crippen LogP contribution in [0.4, 0.5) is 5.69 Å². The molecule has 1 atom stereocenters. The molecule has 1 N–H and O–H groups in total. The van der Waals surface area contributed by atoms with Gasteiger partial charge in [0.25, 0.3) is 5.91 Å². The monoisotopic (exact) mass is 378 g/mol. The standard InChI is InChI=1S/C21H18N2O3S/c24-20(13-26-21(25)16-9-6-12-22-16)23-17-10-4-5-11-19(17)27-14-18(23)15-7-2-1-3-8-15/h1-12,18,22H,13-14H2/t18-/m1/s1. The molecule has 0 unspecified atom stereocenters. The Kier molecular flexibility index (Phi) is 4.98. The molecule has 0 saturated carbocycles. The zero-order valence-corrected chi connectivity index (χ0v) is 15.3. The molecule has 3 aromatic rings. The summed E-state index contributed by atoms with van der Waals surface area (Å²) in [4.78, 5) is 30.7. The number of aromatic nitrogens is 1. The van der Waals surface area contributed by atoms with Crippen LogP contribution in [0.5, 0.6) is 0 Å². The van der Waals surface area contributed by atoms with E-state index >= 15 is 0 Å². The number of rotatable bonds is 4. The first-order valence-corrected chi connectivity index (χ1v) is 9.62. The topological polar surface area (TPSA) is 62.4 Å². The molecule has 136 valence electrons. The van der Waals surface area contributed by atoms with Crippen molar-refractivity contribution in [3.63, 3.8) is 0 Å². The third kappa shape index (κ3) is 3.61. The van der Waals surface area contributed by atoms with Gasteiger partial charge in [0.05, 0.1) is 11.7 Å². The minimum Gasteiger partial charge on any atom is -0.451 e. The first kappa shape index (κ1) is 17.4. The van der Waals surface area contributed by atoms with Crippen molar-refractivity contribution in [1.29, 1.82) is 0 Å². The van der Waals surface area contributed by atoms with Crippen LogP contribution in [-0.2, 0) is 9.53 Å². The maximum atomic E-state index is 13.0. The van der Waals surface area contributed by atoms with Crippen LogP contribution in [0.2, 0.25) is 0 Å². The maximum absolute atomic E-state index is 13.0. The van der Waals surface area contributed by atoms with E-state index in [1.165, 1.54) is 0 Å². The lowest BCUT2D eigenvalue weighted by atomic mass is 10.1. The van der Waals surface area contributed by atoms with Gasteiger partial charge in [0.2, 0.25) is 0 Å². The molecule has 0 saturated heterocycles. The second-order valence-electron chi connectivity index (χ2n) is 6.13. The summed E-state index contributed by atoms with van der Waals surface area (Å²) in [5.41, 5.74) is 2.24.